The molecule has 116 valence electrons. The summed E-state index contributed by atoms with van der Waals surface area (Å²) in [6, 6.07) is 10.2. The van der Waals surface area contributed by atoms with Crippen molar-refractivity contribution < 1.29 is 9.53 Å². The molecular formula is C17H20N2O2S. The maximum atomic E-state index is 12.3. The van der Waals surface area contributed by atoms with Crippen LogP contribution in [-0.2, 0) is 11.2 Å². The number of aromatic nitrogens is 1. The summed E-state index contributed by atoms with van der Waals surface area (Å²) >= 11 is 1.49. The number of benzene rings is 1. The molecule has 4 nitrogen and oxygen atoms in total. The quantitative estimate of drug-likeness (QED) is 0.923. The van der Waals surface area contributed by atoms with E-state index < -0.39 is 0 Å². The van der Waals surface area contributed by atoms with Gasteiger partial charge in [-0.05, 0) is 18.9 Å². The lowest BCUT2D eigenvalue weighted by Gasteiger charge is -2.08. The Bertz CT molecular complexity index is 633. The predicted molar refractivity (Wildman–Crippen MR) is 87.4 cm³/mol. The molecular weight excluding hydrogens is 296 g/mol. The van der Waals surface area contributed by atoms with Gasteiger partial charge in [0.15, 0.2) is 0 Å². The van der Waals surface area contributed by atoms with Gasteiger partial charge < -0.3 is 10.1 Å². The number of ether oxygens (including phenoxy) is 1. The Morgan fingerprint density at radius 2 is 2.23 bits per heavy atom. The van der Waals surface area contributed by atoms with Crippen LogP contribution in [0.1, 0.15) is 32.4 Å². The molecule has 0 spiro atoms. The van der Waals surface area contributed by atoms with Gasteiger partial charge in [-0.2, -0.15) is 0 Å². The summed E-state index contributed by atoms with van der Waals surface area (Å²) in [5.74, 6) is 0.433. The van der Waals surface area contributed by atoms with Crippen LogP contribution in [0.3, 0.4) is 0 Å². The minimum absolute atomic E-state index is 0.0128. The van der Waals surface area contributed by atoms with Crippen molar-refractivity contribution in [1.82, 2.24) is 10.3 Å². The fourth-order valence-corrected chi connectivity index (χ4v) is 3.59. The van der Waals surface area contributed by atoms with Gasteiger partial charge >= 0.3 is 0 Å². The van der Waals surface area contributed by atoms with E-state index in [0.717, 1.165) is 41.6 Å². The molecule has 1 aliphatic heterocycles. The van der Waals surface area contributed by atoms with Gasteiger partial charge in [0.25, 0.3) is 5.91 Å². The molecule has 1 aliphatic rings. The zero-order chi connectivity index (χ0) is 15.4. The van der Waals surface area contributed by atoms with E-state index in [4.69, 9.17) is 4.74 Å². The SMILES string of the molecule is Cc1nc(Cc2ccccc2)sc1C(=O)NCC1CCOC1. The number of hydrogen-bond acceptors (Lipinski definition) is 4. The largest absolute Gasteiger partial charge is 0.381 e. The second-order valence-corrected chi connectivity index (χ2v) is 6.71. The second-order valence-electron chi connectivity index (χ2n) is 5.62. The third kappa shape index (κ3) is 3.72. The number of aryl methyl sites for hydroxylation is 1. The van der Waals surface area contributed by atoms with E-state index in [9.17, 15) is 4.79 Å². The summed E-state index contributed by atoms with van der Waals surface area (Å²) in [4.78, 5) is 17.6. The van der Waals surface area contributed by atoms with E-state index in [1.807, 2.05) is 25.1 Å². The van der Waals surface area contributed by atoms with Crippen LogP contribution in [0, 0.1) is 12.8 Å². The topological polar surface area (TPSA) is 51.2 Å². The molecule has 1 amide bonds. The first-order valence-electron chi connectivity index (χ1n) is 7.58. The molecule has 0 radical (unpaired) electrons. The first-order chi connectivity index (χ1) is 10.7. The van der Waals surface area contributed by atoms with Crippen LogP contribution in [-0.4, -0.2) is 30.6 Å². The van der Waals surface area contributed by atoms with Crippen molar-refractivity contribution in [3.05, 3.63) is 51.5 Å². The average molecular weight is 316 g/mol. The molecule has 2 aromatic rings. The maximum absolute atomic E-state index is 12.3. The molecule has 5 heteroatoms. The minimum Gasteiger partial charge on any atom is -0.381 e. The lowest BCUT2D eigenvalue weighted by atomic mass is 10.1. The molecule has 1 N–H and O–H groups in total. The Labute approximate surface area is 134 Å². The maximum Gasteiger partial charge on any atom is 0.263 e. The van der Waals surface area contributed by atoms with Crippen LogP contribution >= 0.6 is 11.3 Å². The number of rotatable bonds is 5. The molecule has 2 heterocycles. The van der Waals surface area contributed by atoms with Crippen molar-refractivity contribution in [3.8, 4) is 0 Å². The average Bonchev–Trinajstić information content (AvgIpc) is 3.16. The Hall–Kier alpha value is -1.72. The fraction of sp³-hybridized carbons (Fsp3) is 0.412. The van der Waals surface area contributed by atoms with Crippen LogP contribution < -0.4 is 5.32 Å². The number of hydrogen-bond donors (Lipinski definition) is 1. The van der Waals surface area contributed by atoms with Crippen LogP contribution in [0.25, 0.3) is 0 Å². The van der Waals surface area contributed by atoms with E-state index >= 15 is 0 Å². The highest BCUT2D eigenvalue weighted by Gasteiger charge is 2.19. The summed E-state index contributed by atoms with van der Waals surface area (Å²) in [5, 5.41) is 3.99. The standard InChI is InChI=1S/C17H20N2O2S/c1-12-16(17(20)18-10-14-7-8-21-11-14)22-15(19-12)9-13-5-3-2-4-6-13/h2-6,14H,7-11H2,1H3,(H,18,20). The van der Waals surface area contributed by atoms with E-state index in [0.29, 0.717) is 12.5 Å². The molecule has 1 unspecified atom stereocenters. The summed E-state index contributed by atoms with van der Waals surface area (Å²) in [6.45, 7) is 4.14. The van der Waals surface area contributed by atoms with Gasteiger partial charge in [0, 0.05) is 25.5 Å². The van der Waals surface area contributed by atoms with Crippen LogP contribution in [0.4, 0.5) is 0 Å². The summed E-state index contributed by atoms with van der Waals surface area (Å²) in [5.41, 5.74) is 2.03. The third-order valence-electron chi connectivity index (χ3n) is 3.82. The van der Waals surface area contributed by atoms with Crippen molar-refractivity contribution >= 4 is 17.2 Å². The summed E-state index contributed by atoms with van der Waals surface area (Å²) in [7, 11) is 0. The summed E-state index contributed by atoms with van der Waals surface area (Å²) < 4.78 is 5.33. The minimum atomic E-state index is -0.0128. The molecule has 1 saturated heterocycles. The smallest absolute Gasteiger partial charge is 0.263 e. The van der Waals surface area contributed by atoms with Crippen LogP contribution in [0.15, 0.2) is 30.3 Å². The molecule has 3 rings (SSSR count). The van der Waals surface area contributed by atoms with Crippen molar-refractivity contribution in [3.63, 3.8) is 0 Å². The Kier molecular flexibility index (Phi) is 4.85. The Balaban J connectivity index is 1.62. The molecule has 0 saturated carbocycles. The van der Waals surface area contributed by atoms with Crippen LogP contribution in [0.2, 0.25) is 0 Å². The molecule has 1 aromatic carbocycles. The zero-order valence-corrected chi connectivity index (χ0v) is 13.5. The van der Waals surface area contributed by atoms with E-state index in [2.05, 4.69) is 22.4 Å². The van der Waals surface area contributed by atoms with Crippen molar-refractivity contribution in [2.75, 3.05) is 19.8 Å². The predicted octanol–water partition coefficient (Wildman–Crippen LogP) is 2.81. The lowest BCUT2D eigenvalue weighted by molar-refractivity contribution is 0.0948. The molecule has 0 bridgehead atoms. The first-order valence-corrected chi connectivity index (χ1v) is 8.40. The Morgan fingerprint density at radius 3 is 2.95 bits per heavy atom. The van der Waals surface area contributed by atoms with E-state index in [-0.39, 0.29) is 5.91 Å². The number of carbonyl (C=O) groups excluding carboxylic acids is 1. The van der Waals surface area contributed by atoms with Gasteiger partial charge in [-0.15, -0.1) is 11.3 Å². The molecule has 22 heavy (non-hydrogen) atoms. The van der Waals surface area contributed by atoms with Gasteiger partial charge in [-0.3, -0.25) is 4.79 Å². The molecule has 0 aliphatic carbocycles. The van der Waals surface area contributed by atoms with Gasteiger partial charge in [-0.1, -0.05) is 30.3 Å². The van der Waals surface area contributed by atoms with Gasteiger partial charge in [0.1, 0.15) is 4.88 Å². The highest BCUT2D eigenvalue weighted by Crippen LogP contribution is 2.21. The zero-order valence-electron chi connectivity index (χ0n) is 12.7. The van der Waals surface area contributed by atoms with Crippen molar-refractivity contribution in [2.45, 2.75) is 19.8 Å². The van der Waals surface area contributed by atoms with Gasteiger partial charge in [0.2, 0.25) is 0 Å². The molecule has 1 fully saturated rings. The normalized spacial score (nSPS) is 17.6. The van der Waals surface area contributed by atoms with E-state index in [1.165, 1.54) is 16.9 Å². The fourth-order valence-electron chi connectivity index (χ4n) is 2.57. The molecule has 1 aromatic heterocycles. The van der Waals surface area contributed by atoms with Crippen LogP contribution in [0.5, 0.6) is 0 Å². The monoisotopic (exact) mass is 316 g/mol. The van der Waals surface area contributed by atoms with Crippen molar-refractivity contribution in [2.24, 2.45) is 5.92 Å². The third-order valence-corrected chi connectivity index (χ3v) is 4.98. The molecule has 1 atom stereocenters. The lowest BCUT2D eigenvalue weighted by Crippen LogP contribution is -2.29. The second kappa shape index (κ2) is 7.03. The highest BCUT2D eigenvalue weighted by molar-refractivity contribution is 7.13. The Morgan fingerprint density at radius 1 is 1.41 bits per heavy atom. The van der Waals surface area contributed by atoms with Gasteiger partial charge in [0.05, 0.1) is 17.3 Å². The number of nitrogens with one attached hydrogen (secondary N) is 1. The first kappa shape index (κ1) is 15.2. The van der Waals surface area contributed by atoms with Crippen molar-refractivity contribution in [1.29, 1.82) is 0 Å². The van der Waals surface area contributed by atoms with Gasteiger partial charge in [-0.25, -0.2) is 4.98 Å². The number of nitrogens with zero attached hydrogens (tertiary/aromatic N) is 1. The highest BCUT2D eigenvalue weighted by atomic mass is 32.1. The van der Waals surface area contributed by atoms with E-state index in [1.54, 1.807) is 0 Å². The summed E-state index contributed by atoms with van der Waals surface area (Å²) in [6.07, 6.45) is 1.80. The number of amides is 1. The number of thiazole rings is 1. The number of carbonyl (C=O) groups is 1.